The number of carbonyl (C=O) groups excluding carboxylic acids is 2. The van der Waals surface area contributed by atoms with Crippen LogP contribution in [-0.2, 0) is 16.1 Å². The summed E-state index contributed by atoms with van der Waals surface area (Å²) in [5, 5.41) is 12.2. The standard InChI is InChI=1S/C27H29N3O5/c1-18-9-8-10-19(13-18)16-30(26(34)35-27(2,3)4)17-23(31)29-22-14-21(15-28-24(22)25(32)33)20-11-6-5-7-12-20/h5-15H,16-17H2,1-4H3,(H,29,31)(H,32,33). The molecule has 0 aliphatic carbocycles. The van der Waals surface area contributed by atoms with E-state index in [1.165, 1.54) is 11.1 Å². The molecule has 2 N–H and O–H groups in total. The fourth-order valence-corrected chi connectivity index (χ4v) is 3.42. The van der Waals surface area contributed by atoms with Gasteiger partial charge in [0.2, 0.25) is 5.91 Å². The van der Waals surface area contributed by atoms with Crippen molar-refractivity contribution in [1.82, 2.24) is 9.88 Å². The Labute approximate surface area is 204 Å². The molecule has 2 aromatic carbocycles. The number of aromatic nitrogens is 1. The quantitative estimate of drug-likeness (QED) is 0.490. The van der Waals surface area contributed by atoms with Gasteiger partial charge in [0.1, 0.15) is 12.1 Å². The molecule has 0 aliphatic heterocycles. The molecule has 35 heavy (non-hydrogen) atoms. The highest BCUT2D eigenvalue weighted by Gasteiger charge is 2.25. The van der Waals surface area contributed by atoms with Crippen molar-refractivity contribution in [3.8, 4) is 11.1 Å². The Hall–Kier alpha value is -4.20. The third-order valence-corrected chi connectivity index (χ3v) is 4.91. The van der Waals surface area contributed by atoms with Gasteiger partial charge in [-0.15, -0.1) is 0 Å². The number of hydrogen-bond donors (Lipinski definition) is 2. The number of pyridine rings is 1. The molecule has 3 aromatic rings. The van der Waals surface area contributed by atoms with Gasteiger partial charge in [0.15, 0.2) is 5.69 Å². The van der Waals surface area contributed by atoms with Crippen molar-refractivity contribution >= 4 is 23.7 Å². The van der Waals surface area contributed by atoms with Gasteiger partial charge in [-0.2, -0.15) is 0 Å². The Kier molecular flexibility index (Phi) is 7.86. The van der Waals surface area contributed by atoms with E-state index in [0.717, 1.165) is 16.7 Å². The zero-order valence-electron chi connectivity index (χ0n) is 20.2. The van der Waals surface area contributed by atoms with Gasteiger partial charge in [-0.1, -0.05) is 60.2 Å². The number of aromatic carboxylic acids is 1. The highest BCUT2D eigenvalue weighted by atomic mass is 16.6. The second-order valence-corrected chi connectivity index (χ2v) is 9.16. The molecule has 8 heteroatoms. The zero-order chi connectivity index (χ0) is 25.6. The maximum Gasteiger partial charge on any atom is 0.411 e. The molecule has 0 aliphatic rings. The Bertz CT molecular complexity index is 1220. The highest BCUT2D eigenvalue weighted by molar-refractivity contribution is 6.01. The van der Waals surface area contributed by atoms with Crippen molar-refractivity contribution in [2.75, 3.05) is 11.9 Å². The van der Waals surface area contributed by atoms with Crippen LogP contribution in [0, 0.1) is 6.92 Å². The van der Waals surface area contributed by atoms with Crippen LogP contribution in [0.1, 0.15) is 42.4 Å². The molecule has 8 nitrogen and oxygen atoms in total. The van der Waals surface area contributed by atoms with Crippen LogP contribution in [0.4, 0.5) is 10.5 Å². The van der Waals surface area contributed by atoms with Gasteiger partial charge < -0.3 is 15.2 Å². The fourth-order valence-electron chi connectivity index (χ4n) is 3.42. The number of anilines is 1. The lowest BCUT2D eigenvalue weighted by Gasteiger charge is -2.27. The molecule has 0 atom stereocenters. The summed E-state index contributed by atoms with van der Waals surface area (Å²) in [7, 11) is 0. The summed E-state index contributed by atoms with van der Waals surface area (Å²) >= 11 is 0. The zero-order valence-corrected chi connectivity index (χ0v) is 20.2. The second kappa shape index (κ2) is 10.8. The Morgan fingerprint density at radius 2 is 1.71 bits per heavy atom. The number of rotatable bonds is 7. The molecule has 1 aromatic heterocycles. The number of amides is 2. The first-order chi connectivity index (χ1) is 16.5. The number of nitrogens with one attached hydrogen (secondary N) is 1. The molecule has 0 saturated carbocycles. The molecule has 1 heterocycles. The van der Waals surface area contributed by atoms with E-state index in [-0.39, 0.29) is 24.5 Å². The van der Waals surface area contributed by atoms with Gasteiger partial charge in [-0.25, -0.2) is 14.6 Å². The molecule has 3 rings (SSSR count). The minimum absolute atomic E-state index is 0.0450. The van der Waals surface area contributed by atoms with E-state index in [1.54, 1.807) is 26.8 Å². The third-order valence-electron chi connectivity index (χ3n) is 4.91. The van der Waals surface area contributed by atoms with Crippen LogP contribution in [0.25, 0.3) is 11.1 Å². The number of benzene rings is 2. The average molecular weight is 476 g/mol. The molecule has 0 fully saturated rings. The van der Waals surface area contributed by atoms with Gasteiger partial charge >= 0.3 is 12.1 Å². The van der Waals surface area contributed by atoms with Crippen LogP contribution < -0.4 is 5.32 Å². The maximum atomic E-state index is 13.0. The number of nitrogens with zero attached hydrogens (tertiary/aromatic N) is 2. The maximum absolute atomic E-state index is 13.0. The van der Waals surface area contributed by atoms with E-state index in [1.807, 2.05) is 61.5 Å². The summed E-state index contributed by atoms with van der Waals surface area (Å²) in [6.07, 6.45) is 0.794. The summed E-state index contributed by atoms with van der Waals surface area (Å²) in [5.41, 5.74) is 2.33. The minimum Gasteiger partial charge on any atom is -0.476 e. The largest absolute Gasteiger partial charge is 0.476 e. The highest BCUT2D eigenvalue weighted by Crippen LogP contribution is 2.24. The number of aryl methyl sites for hydroxylation is 1. The summed E-state index contributed by atoms with van der Waals surface area (Å²) in [4.78, 5) is 42.9. The van der Waals surface area contributed by atoms with Crippen molar-refractivity contribution < 1.29 is 24.2 Å². The van der Waals surface area contributed by atoms with Crippen LogP contribution in [0.5, 0.6) is 0 Å². The first-order valence-corrected chi connectivity index (χ1v) is 11.1. The molecule has 0 unspecified atom stereocenters. The molecule has 0 saturated heterocycles. The second-order valence-electron chi connectivity index (χ2n) is 9.16. The van der Waals surface area contributed by atoms with Gasteiger partial charge in [0, 0.05) is 18.3 Å². The normalized spacial score (nSPS) is 11.0. The van der Waals surface area contributed by atoms with Crippen LogP contribution >= 0.6 is 0 Å². The van der Waals surface area contributed by atoms with Crippen LogP contribution in [0.2, 0.25) is 0 Å². The van der Waals surface area contributed by atoms with Crippen molar-refractivity contribution in [3.05, 3.63) is 83.7 Å². The van der Waals surface area contributed by atoms with Crippen LogP contribution in [-0.4, -0.2) is 45.1 Å². The van der Waals surface area contributed by atoms with E-state index in [2.05, 4.69) is 10.3 Å². The Morgan fingerprint density at radius 3 is 2.34 bits per heavy atom. The summed E-state index contributed by atoms with van der Waals surface area (Å²) in [6.45, 7) is 6.99. The Balaban J connectivity index is 1.85. The third kappa shape index (κ3) is 7.40. The van der Waals surface area contributed by atoms with Gasteiger partial charge in [0.25, 0.3) is 0 Å². The topological polar surface area (TPSA) is 109 Å². The minimum atomic E-state index is -1.27. The number of carbonyl (C=O) groups is 3. The summed E-state index contributed by atoms with van der Waals surface area (Å²) < 4.78 is 5.49. The fraction of sp³-hybridized carbons (Fsp3) is 0.259. The average Bonchev–Trinajstić information content (AvgIpc) is 2.78. The molecular formula is C27H29N3O5. The van der Waals surface area contributed by atoms with Crippen molar-refractivity contribution in [2.45, 2.75) is 39.8 Å². The molecule has 182 valence electrons. The summed E-state index contributed by atoms with van der Waals surface area (Å²) in [5.74, 6) is -1.85. The van der Waals surface area contributed by atoms with Crippen molar-refractivity contribution in [2.24, 2.45) is 0 Å². The molecule has 2 amide bonds. The lowest BCUT2D eigenvalue weighted by Crippen LogP contribution is -2.41. The first-order valence-electron chi connectivity index (χ1n) is 11.1. The van der Waals surface area contributed by atoms with E-state index in [0.29, 0.717) is 5.56 Å². The Morgan fingerprint density at radius 1 is 1.00 bits per heavy atom. The van der Waals surface area contributed by atoms with Gasteiger partial charge in [0.05, 0.1) is 5.69 Å². The lowest BCUT2D eigenvalue weighted by atomic mass is 10.1. The predicted octanol–water partition coefficient (Wildman–Crippen LogP) is 5.13. The van der Waals surface area contributed by atoms with Gasteiger partial charge in [-0.3, -0.25) is 9.69 Å². The first kappa shape index (κ1) is 25.4. The molecular weight excluding hydrogens is 446 g/mol. The molecule has 0 radical (unpaired) electrons. The van der Waals surface area contributed by atoms with Crippen LogP contribution in [0.3, 0.4) is 0 Å². The van der Waals surface area contributed by atoms with E-state index in [9.17, 15) is 19.5 Å². The number of hydrogen-bond acceptors (Lipinski definition) is 5. The van der Waals surface area contributed by atoms with E-state index in [4.69, 9.17) is 4.74 Å². The van der Waals surface area contributed by atoms with E-state index < -0.39 is 23.6 Å². The SMILES string of the molecule is Cc1cccc(CN(CC(=O)Nc2cc(-c3ccccc3)cnc2C(=O)O)C(=O)OC(C)(C)C)c1. The molecule has 0 bridgehead atoms. The van der Waals surface area contributed by atoms with Crippen molar-refractivity contribution in [3.63, 3.8) is 0 Å². The van der Waals surface area contributed by atoms with E-state index >= 15 is 0 Å². The van der Waals surface area contributed by atoms with Crippen molar-refractivity contribution in [1.29, 1.82) is 0 Å². The monoisotopic (exact) mass is 475 g/mol. The van der Waals surface area contributed by atoms with Gasteiger partial charge in [-0.05, 0) is 44.9 Å². The predicted molar refractivity (Wildman–Crippen MR) is 133 cm³/mol. The van der Waals surface area contributed by atoms with Crippen LogP contribution in [0.15, 0.2) is 66.9 Å². The number of ether oxygens (including phenoxy) is 1. The number of carboxylic acid groups (broad SMARTS) is 1. The molecule has 0 spiro atoms. The summed E-state index contributed by atoms with van der Waals surface area (Å²) in [6, 6.07) is 18.4. The lowest BCUT2D eigenvalue weighted by molar-refractivity contribution is -0.117. The smallest absolute Gasteiger partial charge is 0.411 e. The number of carboxylic acids is 1.